The third-order valence-electron chi connectivity index (χ3n) is 4.13. The first kappa shape index (κ1) is 14.6. The summed E-state index contributed by atoms with van der Waals surface area (Å²) in [6, 6.07) is 15.0. The van der Waals surface area contributed by atoms with Gasteiger partial charge in [0.15, 0.2) is 0 Å². The molecule has 0 saturated heterocycles. The average Bonchev–Trinajstić information content (AvgIpc) is 2.98. The van der Waals surface area contributed by atoms with Gasteiger partial charge in [-0.25, -0.2) is 0 Å². The molecule has 3 aromatic rings. The second-order valence-corrected chi connectivity index (χ2v) is 5.48. The van der Waals surface area contributed by atoms with Gasteiger partial charge in [-0.05, 0) is 18.4 Å². The van der Waals surface area contributed by atoms with Gasteiger partial charge in [0.25, 0.3) is 0 Å². The monoisotopic (exact) mass is 294 g/mol. The first-order valence-corrected chi connectivity index (χ1v) is 7.67. The molecule has 0 radical (unpaired) electrons. The Morgan fingerprint density at radius 2 is 1.95 bits per heavy atom. The number of nitrogens with two attached hydrogens (primary N) is 1. The highest BCUT2D eigenvalue weighted by atomic mass is 15.3. The van der Waals surface area contributed by atoms with Crippen LogP contribution in [0.3, 0.4) is 0 Å². The second-order valence-electron chi connectivity index (χ2n) is 5.48. The van der Waals surface area contributed by atoms with E-state index in [2.05, 4.69) is 59.4 Å². The van der Waals surface area contributed by atoms with Crippen LogP contribution in [0, 0.1) is 0 Å². The molecular formula is C18H22N4. The van der Waals surface area contributed by atoms with Gasteiger partial charge in [0.1, 0.15) is 0 Å². The molecule has 1 heterocycles. The van der Waals surface area contributed by atoms with Crippen molar-refractivity contribution >= 4 is 16.5 Å². The molecule has 0 amide bonds. The number of nitrogens with zero attached hydrogens (tertiary/aromatic N) is 3. The summed E-state index contributed by atoms with van der Waals surface area (Å²) in [4.78, 5) is 2.36. The van der Waals surface area contributed by atoms with E-state index < -0.39 is 0 Å². The fourth-order valence-electron chi connectivity index (χ4n) is 3.07. The van der Waals surface area contributed by atoms with Gasteiger partial charge < -0.3 is 10.6 Å². The zero-order valence-electron chi connectivity index (χ0n) is 13.1. The van der Waals surface area contributed by atoms with Gasteiger partial charge in [0.05, 0.1) is 12.2 Å². The first-order chi connectivity index (χ1) is 10.7. The van der Waals surface area contributed by atoms with Gasteiger partial charge in [-0.2, -0.15) is 5.10 Å². The summed E-state index contributed by atoms with van der Waals surface area (Å²) in [6.45, 7) is 3.62. The topological polar surface area (TPSA) is 47.1 Å². The van der Waals surface area contributed by atoms with Crippen LogP contribution in [0.5, 0.6) is 0 Å². The van der Waals surface area contributed by atoms with Crippen LogP contribution in [0.15, 0.2) is 54.9 Å². The van der Waals surface area contributed by atoms with Crippen LogP contribution >= 0.6 is 0 Å². The summed E-state index contributed by atoms with van der Waals surface area (Å²) >= 11 is 0. The van der Waals surface area contributed by atoms with Crippen LogP contribution in [-0.4, -0.2) is 22.9 Å². The molecule has 0 fully saturated rings. The lowest BCUT2D eigenvalue weighted by molar-refractivity contribution is 0.644. The Morgan fingerprint density at radius 3 is 2.64 bits per heavy atom. The third kappa shape index (κ3) is 2.57. The fraction of sp³-hybridized carbons (Fsp3) is 0.278. The summed E-state index contributed by atoms with van der Waals surface area (Å²) in [5.74, 6) is 0. The minimum Gasteiger partial charge on any atom is -0.363 e. The second kappa shape index (κ2) is 6.20. The first-order valence-electron chi connectivity index (χ1n) is 7.67. The van der Waals surface area contributed by atoms with Gasteiger partial charge in [-0.15, -0.1) is 0 Å². The lowest BCUT2D eigenvalue weighted by atomic mass is 10.0. The van der Waals surface area contributed by atoms with Crippen molar-refractivity contribution in [2.45, 2.75) is 13.0 Å². The molecule has 22 heavy (non-hydrogen) atoms. The molecule has 0 aliphatic rings. The van der Waals surface area contributed by atoms with E-state index in [1.54, 1.807) is 0 Å². The van der Waals surface area contributed by atoms with Crippen LogP contribution in [0.1, 0.15) is 18.5 Å². The number of hydrogen-bond donors (Lipinski definition) is 1. The van der Waals surface area contributed by atoms with Crippen molar-refractivity contribution in [3.8, 4) is 0 Å². The van der Waals surface area contributed by atoms with Gasteiger partial charge in [-0.3, -0.25) is 4.68 Å². The number of aryl methyl sites for hydroxylation is 1. The molecule has 4 nitrogen and oxygen atoms in total. The van der Waals surface area contributed by atoms with Gasteiger partial charge in [0.2, 0.25) is 0 Å². The summed E-state index contributed by atoms with van der Waals surface area (Å²) in [5.41, 5.74) is 8.47. The number of aromatic nitrogens is 2. The smallest absolute Gasteiger partial charge is 0.0695 e. The maximum absolute atomic E-state index is 6.09. The molecule has 1 unspecified atom stereocenters. The maximum Gasteiger partial charge on any atom is 0.0695 e. The quantitative estimate of drug-likeness (QED) is 0.786. The van der Waals surface area contributed by atoms with Gasteiger partial charge in [-0.1, -0.05) is 36.4 Å². The Labute approximate surface area is 131 Å². The van der Waals surface area contributed by atoms with Crippen LogP contribution in [0.25, 0.3) is 10.8 Å². The normalized spacial score (nSPS) is 12.5. The minimum absolute atomic E-state index is 0.129. The number of fused-ring (bicyclic) bond motifs is 1. The van der Waals surface area contributed by atoms with Crippen LogP contribution in [-0.2, 0) is 7.05 Å². The zero-order valence-corrected chi connectivity index (χ0v) is 13.1. The molecule has 0 aliphatic carbocycles. The standard InChI is InChI=1S/C18H22N4/c1-3-22(18(11-19)15-12-20-21(2)13-15)17-10-6-8-14-7-4-5-9-16(14)17/h4-10,12-13,18H,3,11,19H2,1-2H3. The number of anilines is 1. The molecule has 2 aromatic carbocycles. The predicted molar refractivity (Wildman–Crippen MR) is 92.0 cm³/mol. The van der Waals surface area contributed by atoms with Crippen molar-refractivity contribution in [3.63, 3.8) is 0 Å². The molecular weight excluding hydrogens is 272 g/mol. The van der Waals surface area contributed by atoms with Crippen molar-refractivity contribution in [3.05, 3.63) is 60.4 Å². The number of likely N-dealkylation sites (N-methyl/N-ethyl adjacent to an activating group) is 1. The lowest BCUT2D eigenvalue weighted by Crippen LogP contribution is -2.33. The van der Waals surface area contributed by atoms with E-state index in [1.165, 1.54) is 16.5 Å². The van der Waals surface area contributed by atoms with Crippen LogP contribution in [0.2, 0.25) is 0 Å². The molecule has 1 aromatic heterocycles. The van der Waals surface area contributed by atoms with E-state index in [0.717, 1.165) is 12.1 Å². The van der Waals surface area contributed by atoms with E-state index in [9.17, 15) is 0 Å². The van der Waals surface area contributed by atoms with Crippen LogP contribution < -0.4 is 10.6 Å². The maximum atomic E-state index is 6.09. The number of rotatable bonds is 5. The Morgan fingerprint density at radius 1 is 1.18 bits per heavy atom. The number of hydrogen-bond acceptors (Lipinski definition) is 3. The van der Waals surface area contributed by atoms with E-state index in [0.29, 0.717) is 6.54 Å². The van der Waals surface area contributed by atoms with E-state index in [4.69, 9.17) is 5.73 Å². The van der Waals surface area contributed by atoms with Crippen molar-refractivity contribution in [1.82, 2.24) is 9.78 Å². The molecule has 0 bridgehead atoms. The van der Waals surface area contributed by atoms with Crippen molar-refractivity contribution in [2.75, 3.05) is 18.0 Å². The average molecular weight is 294 g/mol. The Kier molecular flexibility index (Phi) is 4.11. The molecule has 2 N–H and O–H groups in total. The summed E-state index contributed by atoms with van der Waals surface area (Å²) in [5, 5.41) is 6.80. The third-order valence-corrected chi connectivity index (χ3v) is 4.13. The van der Waals surface area contributed by atoms with Gasteiger partial charge in [0, 0.05) is 43.0 Å². The minimum atomic E-state index is 0.129. The summed E-state index contributed by atoms with van der Waals surface area (Å²) < 4.78 is 1.83. The molecule has 0 spiro atoms. The van der Waals surface area contributed by atoms with Crippen molar-refractivity contribution in [1.29, 1.82) is 0 Å². The Bertz CT molecular complexity index is 757. The lowest BCUT2D eigenvalue weighted by Gasteiger charge is -2.32. The summed E-state index contributed by atoms with van der Waals surface area (Å²) in [6.07, 6.45) is 3.95. The largest absolute Gasteiger partial charge is 0.363 e. The summed E-state index contributed by atoms with van der Waals surface area (Å²) in [7, 11) is 1.94. The Balaban J connectivity index is 2.08. The molecule has 0 saturated carbocycles. The van der Waals surface area contributed by atoms with Crippen LogP contribution in [0.4, 0.5) is 5.69 Å². The highest BCUT2D eigenvalue weighted by Crippen LogP contribution is 2.32. The molecule has 114 valence electrons. The highest BCUT2D eigenvalue weighted by molar-refractivity contribution is 5.94. The van der Waals surface area contributed by atoms with Crippen molar-refractivity contribution in [2.24, 2.45) is 12.8 Å². The van der Waals surface area contributed by atoms with E-state index >= 15 is 0 Å². The fourth-order valence-corrected chi connectivity index (χ4v) is 3.07. The SMILES string of the molecule is CCN(c1cccc2ccccc12)C(CN)c1cnn(C)c1. The molecule has 0 aliphatic heterocycles. The van der Waals surface area contributed by atoms with E-state index in [-0.39, 0.29) is 6.04 Å². The molecule has 1 atom stereocenters. The predicted octanol–water partition coefficient (Wildman–Crippen LogP) is 3.10. The molecule has 3 rings (SSSR count). The van der Waals surface area contributed by atoms with Gasteiger partial charge >= 0.3 is 0 Å². The highest BCUT2D eigenvalue weighted by Gasteiger charge is 2.21. The van der Waals surface area contributed by atoms with E-state index in [1.807, 2.05) is 24.1 Å². The van der Waals surface area contributed by atoms with Crippen molar-refractivity contribution < 1.29 is 0 Å². The number of benzene rings is 2. The molecule has 4 heteroatoms. The Hall–Kier alpha value is -2.33. The zero-order chi connectivity index (χ0) is 15.5.